The highest BCUT2D eigenvalue weighted by molar-refractivity contribution is 7.89. The first kappa shape index (κ1) is 28.5. The quantitative estimate of drug-likeness (QED) is 0.235. The number of nitrogens with zero attached hydrogens (tertiary/aromatic N) is 2. The zero-order valence-electron chi connectivity index (χ0n) is 23.9. The third kappa shape index (κ3) is 5.35. The molecular weight excluding hydrogens is 537 g/mol. The van der Waals surface area contributed by atoms with Crippen LogP contribution in [0.3, 0.4) is 0 Å². The second-order valence-electron chi connectivity index (χ2n) is 11.7. The van der Waals surface area contributed by atoms with E-state index in [0.29, 0.717) is 18.4 Å². The summed E-state index contributed by atoms with van der Waals surface area (Å²) in [6, 6.07) is 22.9. The van der Waals surface area contributed by atoms with Crippen molar-refractivity contribution in [2.75, 3.05) is 13.1 Å². The number of hydrogen-bond acceptors (Lipinski definition) is 4. The summed E-state index contributed by atoms with van der Waals surface area (Å²) in [5.41, 5.74) is 3.45. The molecule has 0 bridgehead atoms. The largest absolute Gasteiger partial charge is 0.330 e. The van der Waals surface area contributed by atoms with Crippen molar-refractivity contribution in [2.45, 2.75) is 69.9 Å². The van der Waals surface area contributed by atoms with Gasteiger partial charge >= 0.3 is 0 Å². The maximum atomic E-state index is 14.2. The maximum absolute atomic E-state index is 14.2. The molecule has 0 saturated heterocycles. The number of carbonyl (C=O) groups is 1. The topological polar surface area (TPSA) is 57.7 Å². The Bertz CT molecular complexity index is 1610. The van der Waals surface area contributed by atoms with Gasteiger partial charge in [0.2, 0.25) is 15.9 Å². The number of benzene rings is 3. The van der Waals surface area contributed by atoms with Crippen molar-refractivity contribution in [2.24, 2.45) is 0 Å². The predicted molar refractivity (Wildman–Crippen MR) is 164 cm³/mol. The van der Waals surface area contributed by atoms with Gasteiger partial charge in [0.15, 0.2) is 0 Å². The third-order valence-electron chi connectivity index (χ3n) is 8.09. The molecule has 4 aromatic rings. The average Bonchev–Trinajstić information content (AvgIpc) is 3.43. The fraction of sp³-hybridized carbons (Fsp3) is 0.364. The van der Waals surface area contributed by atoms with Gasteiger partial charge in [-0.05, 0) is 64.8 Å². The number of amides is 1. The van der Waals surface area contributed by atoms with Crippen LogP contribution in [0.5, 0.6) is 0 Å². The fourth-order valence-corrected chi connectivity index (χ4v) is 8.34. The van der Waals surface area contributed by atoms with Gasteiger partial charge in [0.05, 0.1) is 17.5 Å². The number of sulfonamides is 1. The second-order valence-corrected chi connectivity index (χ2v) is 14.6. The van der Waals surface area contributed by atoms with Crippen LogP contribution in [0.1, 0.15) is 68.6 Å². The maximum Gasteiger partial charge on any atom is 0.244 e. The van der Waals surface area contributed by atoms with E-state index in [1.807, 2.05) is 49.1 Å². The van der Waals surface area contributed by atoms with Gasteiger partial charge in [-0.15, -0.1) is 11.3 Å². The highest BCUT2D eigenvalue weighted by Crippen LogP contribution is 2.39. The van der Waals surface area contributed by atoms with Crippen molar-refractivity contribution >= 4 is 38.0 Å². The van der Waals surface area contributed by atoms with Crippen LogP contribution in [0.25, 0.3) is 10.8 Å². The summed E-state index contributed by atoms with van der Waals surface area (Å²) >= 11 is 1.73. The molecule has 5 nitrogen and oxygen atoms in total. The minimum absolute atomic E-state index is 0.0287. The molecule has 1 amide bonds. The molecule has 0 fully saturated rings. The van der Waals surface area contributed by atoms with Gasteiger partial charge < -0.3 is 4.90 Å². The van der Waals surface area contributed by atoms with Gasteiger partial charge in [0.1, 0.15) is 0 Å². The van der Waals surface area contributed by atoms with Crippen molar-refractivity contribution in [3.05, 3.63) is 99.7 Å². The van der Waals surface area contributed by atoms with E-state index in [2.05, 4.69) is 56.5 Å². The molecule has 7 heteroatoms. The summed E-state index contributed by atoms with van der Waals surface area (Å²) in [7, 11) is -3.94. The van der Waals surface area contributed by atoms with E-state index >= 15 is 0 Å². The minimum atomic E-state index is -3.94. The summed E-state index contributed by atoms with van der Waals surface area (Å²) in [5, 5.41) is 3.62. The van der Waals surface area contributed by atoms with Crippen LogP contribution in [0.15, 0.2) is 83.1 Å². The van der Waals surface area contributed by atoms with Crippen LogP contribution in [0, 0.1) is 0 Å². The molecule has 2 heterocycles. The zero-order valence-corrected chi connectivity index (χ0v) is 25.6. The smallest absolute Gasteiger partial charge is 0.244 e. The fourth-order valence-electron chi connectivity index (χ4n) is 5.56. The second kappa shape index (κ2) is 11.1. The molecule has 0 radical (unpaired) electrons. The summed E-state index contributed by atoms with van der Waals surface area (Å²) in [4.78, 5) is 17.5. The van der Waals surface area contributed by atoms with Gasteiger partial charge in [-0.3, -0.25) is 4.79 Å². The monoisotopic (exact) mass is 574 g/mol. The van der Waals surface area contributed by atoms with E-state index in [-0.39, 0.29) is 34.8 Å². The Morgan fingerprint density at radius 3 is 2.42 bits per heavy atom. The standard InChI is InChI=1S/C33H38N2O3S2/c1-6-23(2)35(40(37,38)30-13-9-11-24-10-7-8-12-27(24)30)22-31(36)34-20-18-29-28(19-21-39-29)32(34)25-14-16-26(17-15-25)33(3,4)5/h7-17,19,21,23,32H,6,18,20,22H2,1-5H3/t23-,32-/m0/s1. The van der Waals surface area contributed by atoms with Crippen LogP contribution in [-0.2, 0) is 26.7 Å². The molecule has 0 unspecified atom stereocenters. The molecule has 3 aromatic carbocycles. The van der Waals surface area contributed by atoms with Crippen molar-refractivity contribution in [3.8, 4) is 0 Å². The van der Waals surface area contributed by atoms with E-state index in [1.54, 1.807) is 23.5 Å². The van der Waals surface area contributed by atoms with Gasteiger partial charge in [0.25, 0.3) is 0 Å². The number of hydrogen-bond donors (Lipinski definition) is 0. The average molecular weight is 575 g/mol. The van der Waals surface area contributed by atoms with Crippen LogP contribution < -0.4 is 0 Å². The first-order chi connectivity index (χ1) is 19.0. The van der Waals surface area contributed by atoms with Gasteiger partial charge in [-0.1, -0.05) is 88.4 Å². The molecule has 40 heavy (non-hydrogen) atoms. The van der Waals surface area contributed by atoms with Gasteiger partial charge in [-0.2, -0.15) is 4.31 Å². The summed E-state index contributed by atoms with van der Waals surface area (Å²) in [5.74, 6) is -0.175. The van der Waals surface area contributed by atoms with E-state index in [1.165, 1.54) is 14.7 Å². The molecule has 210 valence electrons. The lowest BCUT2D eigenvalue weighted by Gasteiger charge is -2.38. The Labute approximate surface area is 242 Å². The summed E-state index contributed by atoms with van der Waals surface area (Å²) < 4.78 is 29.7. The Morgan fingerprint density at radius 2 is 1.73 bits per heavy atom. The van der Waals surface area contributed by atoms with Crippen molar-refractivity contribution in [1.82, 2.24) is 9.21 Å². The van der Waals surface area contributed by atoms with Crippen LogP contribution in [0.4, 0.5) is 0 Å². The van der Waals surface area contributed by atoms with Crippen molar-refractivity contribution in [3.63, 3.8) is 0 Å². The molecule has 2 atom stereocenters. The predicted octanol–water partition coefficient (Wildman–Crippen LogP) is 7.16. The highest BCUT2D eigenvalue weighted by atomic mass is 32.2. The van der Waals surface area contributed by atoms with Gasteiger partial charge in [-0.25, -0.2) is 8.42 Å². The lowest BCUT2D eigenvalue weighted by molar-refractivity contribution is -0.133. The molecule has 0 aliphatic carbocycles. The third-order valence-corrected chi connectivity index (χ3v) is 11.1. The number of thiophene rings is 1. The molecule has 1 aromatic heterocycles. The number of rotatable bonds is 7. The molecule has 0 saturated carbocycles. The summed E-state index contributed by atoms with van der Waals surface area (Å²) in [6.45, 7) is 10.8. The molecule has 1 aliphatic heterocycles. The minimum Gasteiger partial charge on any atom is -0.330 e. The Kier molecular flexibility index (Phi) is 7.92. The van der Waals surface area contributed by atoms with Crippen LogP contribution in [-0.4, -0.2) is 42.7 Å². The van der Waals surface area contributed by atoms with Crippen LogP contribution >= 0.6 is 11.3 Å². The van der Waals surface area contributed by atoms with E-state index in [9.17, 15) is 13.2 Å². The summed E-state index contributed by atoms with van der Waals surface area (Å²) in [6.07, 6.45) is 1.37. The SMILES string of the molecule is CC[C@H](C)N(CC(=O)N1CCc2sccc2[C@@H]1c1ccc(C(C)(C)C)cc1)S(=O)(=O)c1cccc2ccccc12. The number of carbonyl (C=O) groups excluding carboxylic acids is 1. The first-order valence-corrected chi connectivity index (χ1v) is 16.3. The van der Waals surface area contributed by atoms with Crippen molar-refractivity contribution < 1.29 is 13.2 Å². The first-order valence-electron chi connectivity index (χ1n) is 14.0. The van der Waals surface area contributed by atoms with Gasteiger partial charge in [0, 0.05) is 22.8 Å². The van der Waals surface area contributed by atoms with Crippen molar-refractivity contribution in [1.29, 1.82) is 0 Å². The Balaban J connectivity index is 1.51. The lowest BCUT2D eigenvalue weighted by Crippen LogP contribution is -2.49. The Morgan fingerprint density at radius 1 is 1.02 bits per heavy atom. The molecular formula is C33H38N2O3S2. The van der Waals surface area contributed by atoms with Crippen LogP contribution in [0.2, 0.25) is 0 Å². The van der Waals surface area contributed by atoms with E-state index < -0.39 is 10.0 Å². The molecule has 0 spiro atoms. The Hall–Kier alpha value is -3.00. The normalized spacial score (nSPS) is 16.8. The lowest BCUT2D eigenvalue weighted by atomic mass is 9.85. The molecule has 1 aliphatic rings. The highest BCUT2D eigenvalue weighted by Gasteiger charge is 2.37. The molecule has 5 rings (SSSR count). The number of fused-ring (bicyclic) bond motifs is 2. The van der Waals surface area contributed by atoms with E-state index in [4.69, 9.17) is 0 Å². The molecule has 0 N–H and O–H groups in total. The van der Waals surface area contributed by atoms with E-state index in [0.717, 1.165) is 22.9 Å². The zero-order chi connectivity index (χ0) is 28.7.